The number of anilines is 1. The molecule has 1 atom stereocenters. The molecule has 2 rings (SSSR count). The Kier molecular flexibility index (Phi) is 6.34. The van der Waals surface area contributed by atoms with E-state index >= 15 is 0 Å². The molecule has 0 unspecified atom stereocenters. The van der Waals surface area contributed by atoms with Crippen molar-refractivity contribution < 1.29 is 9.59 Å². The minimum absolute atomic E-state index is 0.0400. The van der Waals surface area contributed by atoms with E-state index in [1.54, 1.807) is 6.20 Å². The molecule has 1 aromatic rings. The van der Waals surface area contributed by atoms with Gasteiger partial charge in [-0.25, -0.2) is 4.98 Å². The zero-order chi connectivity index (χ0) is 16.7. The van der Waals surface area contributed by atoms with E-state index in [1.807, 2.05) is 24.0 Å². The van der Waals surface area contributed by atoms with Crippen molar-refractivity contribution in [1.29, 1.82) is 0 Å². The van der Waals surface area contributed by atoms with Crippen LogP contribution in [-0.4, -0.2) is 54.4 Å². The topological polar surface area (TPSA) is 100 Å². The molecule has 7 nitrogen and oxygen atoms in total. The maximum absolute atomic E-state index is 12.2. The van der Waals surface area contributed by atoms with Crippen molar-refractivity contribution in [3.05, 3.63) is 23.9 Å². The van der Waals surface area contributed by atoms with Gasteiger partial charge in [0.05, 0.1) is 12.5 Å². The molecule has 0 spiro atoms. The van der Waals surface area contributed by atoms with Crippen molar-refractivity contribution in [2.24, 2.45) is 11.7 Å². The van der Waals surface area contributed by atoms with Gasteiger partial charge in [-0.05, 0) is 44.0 Å². The monoisotopic (exact) mass is 319 g/mol. The van der Waals surface area contributed by atoms with E-state index in [1.165, 1.54) is 0 Å². The van der Waals surface area contributed by atoms with Crippen LogP contribution in [0.15, 0.2) is 18.3 Å². The molecule has 126 valence electrons. The first-order valence-electron chi connectivity index (χ1n) is 7.99. The maximum Gasteiger partial charge on any atom is 0.231 e. The van der Waals surface area contributed by atoms with E-state index in [4.69, 9.17) is 5.73 Å². The number of rotatable bonds is 7. The van der Waals surface area contributed by atoms with E-state index in [0.29, 0.717) is 19.6 Å². The van der Waals surface area contributed by atoms with Gasteiger partial charge >= 0.3 is 0 Å². The van der Waals surface area contributed by atoms with Crippen molar-refractivity contribution in [2.75, 3.05) is 38.0 Å². The number of carbonyl (C=O) groups excluding carboxylic acids is 2. The molecule has 0 bridgehead atoms. The Hall–Kier alpha value is -2.15. The van der Waals surface area contributed by atoms with Crippen molar-refractivity contribution >= 4 is 17.6 Å². The standard InChI is InChI=1S/C16H25N5O2/c1-12-4-5-18-15(9-12)19-6-7-20-16(23)13-3-2-8-21(10-13)11-14(17)22/h4-5,9,13H,2-3,6-8,10-11H2,1H3,(H2,17,22)(H,18,19)(H,20,23)/t13-/m1/s1. The summed E-state index contributed by atoms with van der Waals surface area (Å²) in [5.74, 6) is 0.434. The SMILES string of the molecule is Cc1ccnc(NCCNC(=O)[C@@H]2CCCN(CC(N)=O)C2)c1. The molecule has 23 heavy (non-hydrogen) atoms. The number of hydrogen-bond donors (Lipinski definition) is 3. The van der Waals surface area contributed by atoms with Crippen LogP contribution in [0.3, 0.4) is 0 Å². The van der Waals surface area contributed by atoms with Gasteiger partial charge in [0.2, 0.25) is 11.8 Å². The second kappa shape index (κ2) is 8.47. The summed E-state index contributed by atoms with van der Waals surface area (Å²) < 4.78 is 0. The lowest BCUT2D eigenvalue weighted by molar-refractivity contribution is -0.128. The number of nitrogens with zero attached hydrogens (tertiary/aromatic N) is 2. The number of amides is 2. The second-order valence-corrected chi connectivity index (χ2v) is 5.98. The number of carbonyl (C=O) groups is 2. The van der Waals surface area contributed by atoms with Crippen LogP contribution in [0.4, 0.5) is 5.82 Å². The van der Waals surface area contributed by atoms with Crippen LogP contribution in [0, 0.1) is 12.8 Å². The second-order valence-electron chi connectivity index (χ2n) is 5.98. The number of piperidine rings is 1. The number of primary amides is 1. The van der Waals surface area contributed by atoms with Gasteiger partial charge in [-0.1, -0.05) is 0 Å². The molecule has 1 saturated heterocycles. The molecular weight excluding hydrogens is 294 g/mol. The molecule has 4 N–H and O–H groups in total. The Morgan fingerprint density at radius 3 is 3.00 bits per heavy atom. The molecular formula is C16H25N5O2. The fourth-order valence-electron chi connectivity index (χ4n) is 2.79. The number of pyridine rings is 1. The molecule has 1 aromatic heterocycles. The van der Waals surface area contributed by atoms with Gasteiger partial charge in [0.25, 0.3) is 0 Å². The third-order valence-electron chi connectivity index (χ3n) is 3.90. The van der Waals surface area contributed by atoms with Crippen LogP contribution in [0.25, 0.3) is 0 Å². The molecule has 0 radical (unpaired) electrons. The van der Waals surface area contributed by atoms with Crippen LogP contribution < -0.4 is 16.4 Å². The van der Waals surface area contributed by atoms with Gasteiger partial charge in [-0.15, -0.1) is 0 Å². The van der Waals surface area contributed by atoms with E-state index in [2.05, 4.69) is 15.6 Å². The van der Waals surface area contributed by atoms with Gasteiger partial charge in [-0.2, -0.15) is 0 Å². The average Bonchev–Trinajstić information content (AvgIpc) is 2.51. The number of aromatic nitrogens is 1. The molecule has 7 heteroatoms. The van der Waals surface area contributed by atoms with E-state index in [-0.39, 0.29) is 24.3 Å². The molecule has 2 amide bonds. The van der Waals surface area contributed by atoms with Crippen molar-refractivity contribution in [1.82, 2.24) is 15.2 Å². The van der Waals surface area contributed by atoms with Crippen LogP contribution in [0.1, 0.15) is 18.4 Å². The highest BCUT2D eigenvalue weighted by Gasteiger charge is 2.25. The maximum atomic E-state index is 12.2. The Balaban J connectivity index is 1.69. The van der Waals surface area contributed by atoms with Gasteiger partial charge in [0.15, 0.2) is 0 Å². The fraction of sp³-hybridized carbons (Fsp3) is 0.562. The van der Waals surface area contributed by atoms with Gasteiger partial charge in [0.1, 0.15) is 5.82 Å². The van der Waals surface area contributed by atoms with E-state index in [0.717, 1.165) is 30.8 Å². The summed E-state index contributed by atoms with van der Waals surface area (Å²) in [6, 6.07) is 3.90. The van der Waals surface area contributed by atoms with Crippen LogP contribution >= 0.6 is 0 Å². The van der Waals surface area contributed by atoms with Crippen molar-refractivity contribution in [2.45, 2.75) is 19.8 Å². The Labute approximate surface area is 136 Å². The molecule has 0 aliphatic carbocycles. The van der Waals surface area contributed by atoms with Gasteiger partial charge in [0, 0.05) is 25.8 Å². The summed E-state index contributed by atoms with van der Waals surface area (Å²) in [5.41, 5.74) is 6.36. The minimum Gasteiger partial charge on any atom is -0.369 e. The Morgan fingerprint density at radius 2 is 2.26 bits per heavy atom. The molecule has 1 fully saturated rings. The summed E-state index contributed by atoms with van der Waals surface area (Å²) in [6.07, 6.45) is 3.52. The van der Waals surface area contributed by atoms with Gasteiger partial charge in [-0.3, -0.25) is 14.5 Å². The van der Waals surface area contributed by atoms with Crippen molar-refractivity contribution in [3.63, 3.8) is 0 Å². The zero-order valence-corrected chi connectivity index (χ0v) is 13.5. The number of hydrogen-bond acceptors (Lipinski definition) is 5. The number of aryl methyl sites for hydroxylation is 1. The molecule has 1 aliphatic heterocycles. The van der Waals surface area contributed by atoms with Crippen LogP contribution in [-0.2, 0) is 9.59 Å². The molecule has 1 aliphatic rings. The summed E-state index contributed by atoms with van der Waals surface area (Å²) >= 11 is 0. The fourth-order valence-corrected chi connectivity index (χ4v) is 2.79. The predicted octanol–water partition coefficient (Wildman–Crippen LogP) is 0.115. The van der Waals surface area contributed by atoms with Crippen molar-refractivity contribution in [3.8, 4) is 0 Å². The smallest absolute Gasteiger partial charge is 0.231 e. The van der Waals surface area contributed by atoms with Gasteiger partial charge < -0.3 is 16.4 Å². The zero-order valence-electron chi connectivity index (χ0n) is 13.5. The van der Waals surface area contributed by atoms with E-state index in [9.17, 15) is 9.59 Å². The molecule has 0 saturated carbocycles. The van der Waals surface area contributed by atoms with Crippen LogP contribution in [0.5, 0.6) is 0 Å². The Morgan fingerprint density at radius 1 is 1.43 bits per heavy atom. The highest BCUT2D eigenvalue weighted by atomic mass is 16.2. The lowest BCUT2D eigenvalue weighted by Gasteiger charge is -2.30. The third kappa shape index (κ3) is 5.86. The Bertz CT molecular complexity index is 549. The number of likely N-dealkylation sites (tertiary alicyclic amines) is 1. The average molecular weight is 319 g/mol. The summed E-state index contributed by atoms with van der Waals surface area (Å²) in [5, 5.41) is 6.12. The lowest BCUT2D eigenvalue weighted by Crippen LogP contribution is -2.46. The minimum atomic E-state index is -0.346. The quantitative estimate of drug-likeness (QED) is 0.620. The highest BCUT2D eigenvalue weighted by molar-refractivity contribution is 5.79. The highest BCUT2D eigenvalue weighted by Crippen LogP contribution is 2.16. The largest absolute Gasteiger partial charge is 0.369 e. The first kappa shape index (κ1) is 17.2. The number of nitrogens with one attached hydrogen (secondary N) is 2. The first-order chi connectivity index (χ1) is 11.0. The summed E-state index contributed by atoms with van der Waals surface area (Å²) in [4.78, 5) is 29.3. The normalized spacial score (nSPS) is 18.4. The first-order valence-corrected chi connectivity index (χ1v) is 7.99. The number of nitrogens with two attached hydrogens (primary N) is 1. The summed E-state index contributed by atoms with van der Waals surface area (Å²) in [7, 11) is 0. The molecule has 0 aromatic carbocycles. The van der Waals surface area contributed by atoms with E-state index < -0.39 is 0 Å². The lowest BCUT2D eigenvalue weighted by atomic mass is 9.97. The third-order valence-corrected chi connectivity index (χ3v) is 3.90. The predicted molar refractivity (Wildman–Crippen MR) is 88.8 cm³/mol. The van der Waals surface area contributed by atoms with Crippen LogP contribution in [0.2, 0.25) is 0 Å². The summed E-state index contributed by atoms with van der Waals surface area (Å²) in [6.45, 7) is 4.83. The molecule has 2 heterocycles.